The first-order valence-corrected chi connectivity index (χ1v) is 10.6. The second kappa shape index (κ2) is 8.02. The van der Waals surface area contributed by atoms with E-state index in [1.165, 1.54) is 22.9 Å². The third-order valence-corrected chi connectivity index (χ3v) is 6.25. The van der Waals surface area contributed by atoms with E-state index in [1.807, 2.05) is 18.2 Å². The summed E-state index contributed by atoms with van der Waals surface area (Å²) in [6, 6.07) is 9.43. The van der Waals surface area contributed by atoms with Crippen molar-refractivity contribution in [2.24, 2.45) is 0 Å². The van der Waals surface area contributed by atoms with Gasteiger partial charge in [0.2, 0.25) is 0 Å². The number of aromatic amines is 1. The van der Waals surface area contributed by atoms with Gasteiger partial charge in [0.15, 0.2) is 0 Å². The van der Waals surface area contributed by atoms with Crippen LogP contribution in [0.15, 0.2) is 53.6 Å². The number of fused-ring (bicyclic) bond motifs is 2. The molecule has 7 nitrogen and oxygen atoms in total. The van der Waals surface area contributed by atoms with Crippen LogP contribution in [0, 0.1) is 0 Å². The van der Waals surface area contributed by atoms with Crippen LogP contribution < -0.4 is 10.9 Å². The number of H-pyrrole nitrogens is 1. The van der Waals surface area contributed by atoms with Crippen molar-refractivity contribution in [1.82, 2.24) is 24.9 Å². The predicted molar refractivity (Wildman–Crippen MR) is 115 cm³/mol. The number of amides is 1. The van der Waals surface area contributed by atoms with Gasteiger partial charge < -0.3 is 5.32 Å². The first kappa shape index (κ1) is 21.2. The van der Waals surface area contributed by atoms with Gasteiger partial charge in [-0.2, -0.15) is 18.3 Å². The Hall–Kier alpha value is -3.69. The minimum absolute atomic E-state index is 0.0616. The molecule has 1 saturated carbocycles. The van der Waals surface area contributed by atoms with Crippen LogP contribution in [0.3, 0.4) is 0 Å². The average Bonchev–Trinajstić information content (AvgIpc) is 3.24. The normalized spacial score (nSPS) is 19.1. The molecule has 0 atom stereocenters. The summed E-state index contributed by atoms with van der Waals surface area (Å²) in [5.41, 5.74) is -0.500. The van der Waals surface area contributed by atoms with E-state index < -0.39 is 17.6 Å². The summed E-state index contributed by atoms with van der Waals surface area (Å²) >= 11 is 0. The highest BCUT2D eigenvalue weighted by Crippen LogP contribution is 2.35. The lowest BCUT2D eigenvalue weighted by Gasteiger charge is -2.29. The number of halogens is 3. The van der Waals surface area contributed by atoms with Crippen LogP contribution >= 0.6 is 0 Å². The van der Waals surface area contributed by atoms with E-state index in [0.717, 1.165) is 30.0 Å². The highest BCUT2D eigenvalue weighted by molar-refractivity contribution is 5.93. The number of nitrogens with one attached hydrogen (secondary N) is 2. The lowest BCUT2D eigenvalue weighted by molar-refractivity contribution is -0.136. The topological polar surface area (TPSA) is 92.1 Å². The molecule has 0 bridgehead atoms. The monoisotopic (exact) mass is 455 g/mol. The maximum atomic E-state index is 13.2. The van der Waals surface area contributed by atoms with Gasteiger partial charge in [-0.05, 0) is 43.9 Å². The Morgan fingerprint density at radius 3 is 2.52 bits per heavy atom. The van der Waals surface area contributed by atoms with Crippen molar-refractivity contribution in [3.8, 4) is 0 Å². The number of benzene rings is 1. The Morgan fingerprint density at radius 2 is 1.79 bits per heavy atom. The standard InChI is InChI=1S/C23H20F3N5O2/c24-23(25,26)17-6-3-11-31-18(12-27-20(17)31)22(33)28-14-9-7-13(8-10-14)19-15-4-1-2-5-16(15)21(32)30-29-19/h1-6,11-14H,7-10H2,(H,28,33)(H,30,32)/t13-,14-. The zero-order chi connectivity index (χ0) is 23.2. The number of carbonyl (C=O) groups excluding carboxylic acids is 1. The summed E-state index contributed by atoms with van der Waals surface area (Å²) < 4.78 is 40.8. The summed E-state index contributed by atoms with van der Waals surface area (Å²) in [7, 11) is 0. The van der Waals surface area contributed by atoms with Gasteiger partial charge in [-0.25, -0.2) is 10.1 Å². The molecule has 10 heteroatoms. The van der Waals surface area contributed by atoms with E-state index in [1.54, 1.807) is 6.07 Å². The quantitative estimate of drug-likeness (QED) is 0.488. The van der Waals surface area contributed by atoms with Crippen LogP contribution in [-0.2, 0) is 6.18 Å². The molecule has 170 valence electrons. The lowest BCUT2D eigenvalue weighted by Crippen LogP contribution is -2.38. The fourth-order valence-corrected chi connectivity index (χ4v) is 4.62. The molecule has 3 aromatic heterocycles. The van der Waals surface area contributed by atoms with Crippen LogP contribution in [0.2, 0.25) is 0 Å². The highest BCUT2D eigenvalue weighted by atomic mass is 19.4. The van der Waals surface area contributed by atoms with Gasteiger partial charge >= 0.3 is 6.18 Å². The predicted octanol–water partition coefficient (Wildman–Crippen LogP) is 4.05. The van der Waals surface area contributed by atoms with Crippen LogP contribution in [0.1, 0.15) is 53.3 Å². The van der Waals surface area contributed by atoms with E-state index in [9.17, 15) is 22.8 Å². The van der Waals surface area contributed by atoms with Gasteiger partial charge in [0.25, 0.3) is 11.5 Å². The summed E-state index contributed by atoms with van der Waals surface area (Å²) in [4.78, 5) is 28.7. The third kappa shape index (κ3) is 3.85. The summed E-state index contributed by atoms with van der Waals surface area (Å²) in [6.07, 6.45) is 0.920. The number of nitrogens with zero attached hydrogens (tertiary/aromatic N) is 3. The maximum absolute atomic E-state index is 13.2. The smallest absolute Gasteiger partial charge is 0.348 e. The van der Waals surface area contributed by atoms with Gasteiger partial charge in [0.05, 0.1) is 22.8 Å². The van der Waals surface area contributed by atoms with Crippen molar-refractivity contribution in [2.75, 3.05) is 0 Å². The number of alkyl halides is 3. The Morgan fingerprint density at radius 1 is 1.06 bits per heavy atom. The van der Waals surface area contributed by atoms with E-state index in [-0.39, 0.29) is 28.9 Å². The van der Waals surface area contributed by atoms with Crippen LogP contribution in [0.5, 0.6) is 0 Å². The fraction of sp³-hybridized carbons (Fsp3) is 0.304. The summed E-state index contributed by atoms with van der Waals surface area (Å²) in [6.45, 7) is 0. The third-order valence-electron chi connectivity index (χ3n) is 6.25. The zero-order valence-electron chi connectivity index (χ0n) is 17.4. The molecule has 1 aromatic carbocycles. The van der Waals surface area contributed by atoms with Gasteiger partial charge in [0.1, 0.15) is 11.3 Å². The molecule has 0 saturated heterocycles. The second-order valence-corrected chi connectivity index (χ2v) is 8.26. The molecule has 1 amide bonds. The van der Waals surface area contributed by atoms with E-state index in [0.29, 0.717) is 18.2 Å². The van der Waals surface area contributed by atoms with Crippen LogP contribution in [0.25, 0.3) is 16.4 Å². The molecular weight excluding hydrogens is 435 g/mol. The molecule has 2 N–H and O–H groups in total. The van der Waals surface area contributed by atoms with Gasteiger partial charge in [0, 0.05) is 23.5 Å². The van der Waals surface area contributed by atoms with Crippen molar-refractivity contribution in [3.05, 3.63) is 76.1 Å². The van der Waals surface area contributed by atoms with Crippen LogP contribution in [0.4, 0.5) is 13.2 Å². The van der Waals surface area contributed by atoms with Gasteiger partial charge in [-0.15, -0.1) is 0 Å². The van der Waals surface area contributed by atoms with Crippen molar-refractivity contribution in [2.45, 2.75) is 43.8 Å². The molecule has 0 radical (unpaired) electrons. The first-order chi connectivity index (χ1) is 15.8. The average molecular weight is 455 g/mol. The highest BCUT2D eigenvalue weighted by Gasteiger charge is 2.34. The number of pyridine rings is 1. The Labute approximate surface area is 185 Å². The molecule has 1 fully saturated rings. The summed E-state index contributed by atoms with van der Waals surface area (Å²) in [5.74, 6) is -0.317. The first-order valence-electron chi connectivity index (χ1n) is 10.6. The molecule has 0 unspecified atom stereocenters. The number of rotatable bonds is 3. The fourth-order valence-electron chi connectivity index (χ4n) is 4.62. The number of imidazole rings is 1. The molecule has 4 aromatic rings. The maximum Gasteiger partial charge on any atom is 0.419 e. The zero-order valence-corrected chi connectivity index (χ0v) is 17.4. The number of hydrogen-bond donors (Lipinski definition) is 2. The van der Waals surface area contributed by atoms with Crippen molar-refractivity contribution >= 4 is 22.3 Å². The van der Waals surface area contributed by atoms with E-state index >= 15 is 0 Å². The molecule has 5 rings (SSSR count). The summed E-state index contributed by atoms with van der Waals surface area (Å²) in [5, 5.41) is 11.2. The lowest BCUT2D eigenvalue weighted by atomic mass is 9.82. The van der Waals surface area contributed by atoms with E-state index in [4.69, 9.17) is 0 Å². The Bertz CT molecular complexity index is 1400. The Kier molecular flexibility index (Phi) is 5.15. The van der Waals surface area contributed by atoms with Crippen molar-refractivity contribution in [3.63, 3.8) is 0 Å². The molecule has 1 aliphatic rings. The second-order valence-electron chi connectivity index (χ2n) is 8.26. The largest absolute Gasteiger partial charge is 0.419 e. The molecule has 1 aliphatic carbocycles. The molecule has 33 heavy (non-hydrogen) atoms. The number of hydrogen-bond acceptors (Lipinski definition) is 4. The SMILES string of the molecule is O=C(N[C@H]1CC[C@H](c2n[nH]c(=O)c3ccccc32)CC1)c1cnc2c(C(F)(F)F)cccn12. The van der Waals surface area contributed by atoms with Crippen molar-refractivity contribution < 1.29 is 18.0 Å². The van der Waals surface area contributed by atoms with Crippen LogP contribution in [-0.4, -0.2) is 31.5 Å². The Balaban J connectivity index is 1.30. The molecule has 3 heterocycles. The van der Waals surface area contributed by atoms with Crippen molar-refractivity contribution in [1.29, 1.82) is 0 Å². The van der Waals surface area contributed by atoms with Gasteiger partial charge in [-0.3, -0.25) is 14.0 Å². The van der Waals surface area contributed by atoms with Gasteiger partial charge in [-0.1, -0.05) is 18.2 Å². The minimum Gasteiger partial charge on any atom is -0.348 e. The number of aromatic nitrogens is 4. The van der Waals surface area contributed by atoms with E-state index in [2.05, 4.69) is 20.5 Å². The molecule has 0 aliphatic heterocycles. The number of carbonyl (C=O) groups is 1. The minimum atomic E-state index is -4.56. The molecular formula is C23H20F3N5O2. The molecule has 0 spiro atoms.